The lowest BCUT2D eigenvalue weighted by atomic mass is 10.2. The molecule has 0 spiro atoms. The van der Waals surface area contributed by atoms with Gasteiger partial charge in [-0.05, 0) is 36.0 Å². The number of piperazine rings is 1. The molecule has 1 heterocycles. The molecule has 0 aliphatic carbocycles. The summed E-state index contributed by atoms with van der Waals surface area (Å²) in [6.07, 6.45) is 4.31. The Hall–Kier alpha value is -2.13. The summed E-state index contributed by atoms with van der Waals surface area (Å²) in [6, 6.07) is 15.7. The van der Waals surface area contributed by atoms with E-state index in [9.17, 15) is 5.11 Å². The van der Waals surface area contributed by atoms with Crippen molar-refractivity contribution in [2.24, 2.45) is 0 Å². The predicted molar refractivity (Wildman–Crippen MR) is 92.4 cm³/mol. The topological polar surface area (TPSA) is 26.7 Å². The molecule has 4 heteroatoms. The van der Waals surface area contributed by atoms with Gasteiger partial charge in [0, 0.05) is 31.9 Å². The van der Waals surface area contributed by atoms with Gasteiger partial charge in [0.25, 0.3) is 0 Å². The van der Waals surface area contributed by atoms with Crippen molar-refractivity contribution in [1.29, 1.82) is 0 Å². The van der Waals surface area contributed by atoms with E-state index in [2.05, 4.69) is 34.2 Å². The maximum atomic E-state index is 9.49. The number of anilines is 1. The van der Waals surface area contributed by atoms with Crippen molar-refractivity contribution >= 4 is 23.4 Å². The van der Waals surface area contributed by atoms with Crippen molar-refractivity contribution in [3.05, 3.63) is 65.3 Å². The number of rotatable bonds is 3. The minimum Gasteiger partial charge on any atom is -0.506 e. The molecule has 0 amide bonds. The molecule has 1 saturated heterocycles. The number of benzene rings is 2. The van der Waals surface area contributed by atoms with Gasteiger partial charge in [-0.15, -0.1) is 0 Å². The third-order valence-corrected chi connectivity index (χ3v) is 4.19. The third kappa shape index (κ3) is 3.55. The van der Waals surface area contributed by atoms with Gasteiger partial charge in [-0.3, -0.25) is 0 Å². The molecule has 0 saturated carbocycles. The van der Waals surface area contributed by atoms with E-state index in [1.807, 2.05) is 30.3 Å². The molecule has 114 valence electrons. The largest absolute Gasteiger partial charge is 0.506 e. The lowest BCUT2D eigenvalue weighted by molar-refractivity contribution is 0.351. The first-order valence-electron chi connectivity index (χ1n) is 7.43. The molecular weight excluding hydrogens is 296 g/mol. The summed E-state index contributed by atoms with van der Waals surface area (Å²) in [5, 5.41) is 9.90. The van der Waals surface area contributed by atoms with E-state index in [1.165, 1.54) is 5.56 Å². The Morgan fingerprint density at radius 3 is 2.36 bits per heavy atom. The first kappa shape index (κ1) is 14.8. The first-order valence-corrected chi connectivity index (χ1v) is 7.81. The second kappa shape index (κ2) is 6.75. The molecule has 3 rings (SSSR count). The molecule has 2 aromatic carbocycles. The third-order valence-electron chi connectivity index (χ3n) is 3.89. The molecule has 1 fully saturated rings. The Morgan fingerprint density at radius 2 is 1.68 bits per heavy atom. The monoisotopic (exact) mass is 314 g/mol. The van der Waals surface area contributed by atoms with Crippen molar-refractivity contribution in [3.8, 4) is 5.75 Å². The quantitative estimate of drug-likeness (QED) is 0.932. The fraction of sp³-hybridized carbons (Fsp3) is 0.222. The highest BCUT2D eigenvalue weighted by Gasteiger charge is 2.15. The van der Waals surface area contributed by atoms with Crippen LogP contribution in [0.1, 0.15) is 5.56 Å². The number of hydrogen-bond donors (Lipinski definition) is 1. The van der Waals surface area contributed by atoms with Crippen LogP contribution in [0.2, 0.25) is 5.02 Å². The molecular formula is C18H19ClN2O. The smallest absolute Gasteiger partial charge is 0.134 e. The zero-order valence-electron chi connectivity index (χ0n) is 12.3. The van der Waals surface area contributed by atoms with Crippen LogP contribution in [-0.4, -0.2) is 36.2 Å². The van der Waals surface area contributed by atoms with Gasteiger partial charge >= 0.3 is 0 Å². The maximum absolute atomic E-state index is 9.49. The summed E-state index contributed by atoms with van der Waals surface area (Å²) in [5.41, 5.74) is 2.28. The number of hydrogen-bond acceptors (Lipinski definition) is 3. The molecule has 1 N–H and O–H groups in total. The number of phenols is 1. The van der Waals surface area contributed by atoms with Gasteiger partial charge in [-0.1, -0.05) is 41.9 Å². The summed E-state index contributed by atoms with van der Waals surface area (Å²) in [5.74, 6) is 0.134. The van der Waals surface area contributed by atoms with E-state index in [1.54, 1.807) is 6.07 Å². The number of phenolic OH excluding ortho intramolecular Hbond substituents is 1. The molecule has 22 heavy (non-hydrogen) atoms. The van der Waals surface area contributed by atoms with Crippen molar-refractivity contribution in [2.75, 3.05) is 31.1 Å². The second-order valence-corrected chi connectivity index (χ2v) is 5.79. The standard InChI is InChI=1S/C18H19ClN2O/c19-17-14-16(6-7-18(17)22)21-12-10-20(11-13-21)9-8-15-4-2-1-3-5-15/h1-9,14,22H,10-13H2. The van der Waals surface area contributed by atoms with Gasteiger partial charge in [0.1, 0.15) is 5.75 Å². The van der Waals surface area contributed by atoms with Crippen molar-refractivity contribution < 1.29 is 5.11 Å². The average Bonchev–Trinajstić information content (AvgIpc) is 2.57. The lowest BCUT2D eigenvalue weighted by Gasteiger charge is -2.35. The van der Waals surface area contributed by atoms with Crippen molar-refractivity contribution in [1.82, 2.24) is 4.90 Å². The molecule has 1 aliphatic rings. The molecule has 1 aliphatic heterocycles. The number of aromatic hydroxyl groups is 1. The molecule has 0 aromatic heterocycles. The van der Waals surface area contributed by atoms with Gasteiger partial charge < -0.3 is 14.9 Å². The second-order valence-electron chi connectivity index (χ2n) is 5.39. The van der Waals surface area contributed by atoms with Crippen LogP contribution in [0.15, 0.2) is 54.7 Å². The number of halogens is 1. The van der Waals surface area contributed by atoms with Crippen LogP contribution in [-0.2, 0) is 0 Å². The SMILES string of the molecule is Oc1ccc(N2CCN(C=Cc3ccccc3)CC2)cc1Cl. The van der Waals surface area contributed by atoms with Crippen LogP contribution < -0.4 is 4.90 Å². The highest BCUT2D eigenvalue weighted by atomic mass is 35.5. The average molecular weight is 315 g/mol. The highest BCUT2D eigenvalue weighted by molar-refractivity contribution is 6.32. The molecule has 0 radical (unpaired) electrons. The van der Waals surface area contributed by atoms with Crippen LogP contribution in [0, 0.1) is 0 Å². The Labute approximate surface area is 136 Å². The minimum atomic E-state index is 0.134. The summed E-state index contributed by atoms with van der Waals surface area (Å²) < 4.78 is 0. The lowest BCUT2D eigenvalue weighted by Crippen LogP contribution is -2.44. The van der Waals surface area contributed by atoms with Crippen LogP contribution in [0.4, 0.5) is 5.69 Å². The summed E-state index contributed by atoms with van der Waals surface area (Å²) in [6.45, 7) is 3.84. The van der Waals surface area contributed by atoms with E-state index >= 15 is 0 Å². The minimum absolute atomic E-state index is 0.134. The Kier molecular flexibility index (Phi) is 4.54. The highest BCUT2D eigenvalue weighted by Crippen LogP contribution is 2.28. The Bertz CT molecular complexity index is 649. The van der Waals surface area contributed by atoms with Crippen LogP contribution >= 0.6 is 11.6 Å². The first-order chi connectivity index (χ1) is 10.7. The van der Waals surface area contributed by atoms with Gasteiger partial charge in [0.15, 0.2) is 0 Å². The van der Waals surface area contributed by atoms with Gasteiger partial charge in [-0.25, -0.2) is 0 Å². The fourth-order valence-electron chi connectivity index (χ4n) is 2.58. The molecule has 0 unspecified atom stereocenters. The van der Waals surface area contributed by atoms with Gasteiger partial charge in [-0.2, -0.15) is 0 Å². The molecule has 3 nitrogen and oxygen atoms in total. The number of nitrogens with zero attached hydrogens (tertiary/aromatic N) is 2. The fourth-order valence-corrected chi connectivity index (χ4v) is 2.75. The van der Waals surface area contributed by atoms with E-state index in [0.29, 0.717) is 5.02 Å². The van der Waals surface area contributed by atoms with E-state index in [-0.39, 0.29) is 5.75 Å². The van der Waals surface area contributed by atoms with Gasteiger partial charge in [0.05, 0.1) is 5.02 Å². The van der Waals surface area contributed by atoms with E-state index in [4.69, 9.17) is 11.6 Å². The normalized spacial score (nSPS) is 15.5. The van der Waals surface area contributed by atoms with Crippen LogP contribution in [0.3, 0.4) is 0 Å². The Morgan fingerprint density at radius 1 is 0.955 bits per heavy atom. The van der Waals surface area contributed by atoms with Crippen molar-refractivity contribution in [3.63, 3.8) is 0 Å². The predicted octanol–water partition coefficient (Wildman–Crippen LogP) is 3.84. The van der Waals surface area contributed by atoms with Crippen molar-refractivity contribution in [2.45, 2.75) is 0 Å². The zero-order chi connectivity index (χ0) is 15.4. The van der Waals surface area contributed by atoms with Gasteiger partial charge in [0.2, 0.25) is 0 Å². The Balaban J connectivity index is 1.58. The maximum Gasteiger partial charge on any atom is 0.134 e. The van der Waals surface area contributed by atoms with Crippen LogP contribution in [0.5, 0.6) is 5.75 Å². The zero-order valence-corrected chi connectivity index (χ0v) is 13.1. The summed E-state index contributed by atoms with van der Waals surface area (Å²) in [4.78, 5) is 4.61. The van der Waals surface area contributed by atoms with E-state index in [0.717, 1.165) is 31.9 Å². The molecule has 0 bridgehead atoms. The molecule has 2 aromatic rings. The van der Waals surface area contributed by atoms with Crippen LogP contribution in [0.25, 0.3) is 6.08 Å². The summed E-state index contributed by atoms with van der Waals surface area (Å²) >= 11 is 5.98. The molecule has 0 atom stereocenters. The van der Waals surface area contributed by atoms with E-state index < -0.39 is 0 Å². The summed E-state index contributed by atoms with van der Waals surface area (Å²) in [7, 11) is 0.